The highest BCUT2D eigenvalue weighted by atomic mass is 35.5. The monoisotopic (exact) mass is 515 g/mol. The molecule has 4 unspecified atom stereocenters. The molecule has 2 aliphatic carbocycles. The number of fused-ring (bicyclic) bond motifs is 2. The van der Waals surface area contributed by atoms with Gasteiger partial charge in [0.2, 0.25) is 5.91 Å². The van der Waals surface area contributed by atoms with Crippen LogP contribution in [0.25, 0.3) is 0 Å². The minimum absolute atomic E-state index is 0.0622. The molecule has 2 saturated carbocycles. The molecule has 0 aromatic heterocycles. The number of allylic oxidation sites excluding steroid dienone is 4. The van der Waals surface area contributed by atoms with E-state index in [1.807, 2.05) is 32.0 Å². The second kappa shape index (κ2) is 10.8. The van der Waals surface area contributed by atoms with Gasteiger partial charge in [0, 0.05) is 22.4 Å². The Labute approximate surface area is 221 Å². The standard InChI is InChI=1S/C30H42ClNO4/c1-7-15-29-17-21(14-13-19(3)4)28(5,6)30(16-8-2,27(29)36)25(34)23(24(29)33)26(35)32-18-20-11-9-10-12-22(20)31/h7-13,21,23-25,27,33-34,36H,1-2,14-18H2,3-6H3,(H,32,35)/t21-,23?,24?,25?,27?,29-,30+/m1/s1. The lowest BCUT2D eigenvalue weighted by molar-refractivity contribution is -0.307. The fourth-order valence-corrected chi connectivity index (χ4v) is 7.25. The number of hydrogen-bond acceptors (Lipinski definition) is 4. The van der Waals surface area contributed by atoms with E-state index in [-0.39, 0.29) is 12.5 Å². The number of amides is 1. The van der Waals surface area contributed by atoms with Gasteiger partial charge in [0.15, 0.2) is 0 Å². The number of aliphatic hydroxyl groups excluding tert-OH is 3. The van der Waals surface area contributed by atoms with Crippen LogP contribution in [0.5, 0.6) is 0 Å². The summed E-state index contributed by atoms with van der Waals surface area (Å²) in [7, 11) is 0. The van der Waals surface area contributed by atoms with E-state index >= 15 is 0 Å². The summed E-state index contributed by atoms with van der Waals surface area (Å²) in [5.41, 5.74) is -0.724. The zero-order chi connectivity index (χ0) is 26.9. The van der Waals surface area contributed by atoms with Gasteiger partial charge in [-0.2, -0.15) is 0 Å². The molecule has 7 atom stereocenters. The summed E-state index contributed by atoms with van der Waals surface area (Å²) in [4.78, 5) is 13.6. The highest BCUT2D eigenvalue weighted by Gasteiger charge is 2.74. The Morgan fingerprint density at radius 1 is 1.11 bits per heavy atom. The van der Waals surface area contributed by atoms with Crippen LogP contribution in [0.3, 0.4) is 0 Å². The molecule has 5 nitrogen and oxygen atoms in total. The molecule has 6 heteroatoms. The summed E-state index contributed by atoms with van der Waals surface area (Å²) >= 11 is 6.27. The average molecular weight is 516 g/mol. The van der Waals surface area contributed by atoms with Crippen LogP contribution >= 0.6 is 11.6 Å². The maximum atomic E-state index is 13.6. The normalized spacial score (nSPS) is 34.9. The van der Waals surface area contributed by atoms with Crippen LogP contribution in [-0.2, 0) is 11.3 Å². The van der Waals surface area contributed by atoms with Gasteiger partial charge in [-0.1, -0.05) is 67.4 Å². The Balaban J connectivity index is 2.10. The van der Waals surface area contributed by atoms with Crippen LogP contribution in [0.15, 0.2) is 61.2 Å². The van der Waals surface area contributed by atoms with Crippen molar-refractivity contribution >= 4 is 17.5 Å². The van der Waals surface area contributed by atoms with Crippen LogP contribution in [0, 0.1) is 28.1 Å². The molecule has 1 aromatic carbocycles. The molecule has 1 aromatic rings. The number of benzene rings is 1. The lowest BCUT2D eigenvalue weighted by atomic mass is 9.36. The van der Waals surface area contributed by atoms with Gasteiger partial charge < -0.3 is 20.6 Å². The summed E-state index contributed by atoms with van der Waals surface area (Å²) in [6.45, 7) is 16.3. The molecule has 0 spiro atoms. The molecule has 2 aliphatic rings. The van der Waals surface area contributed by atoms with Gasteiger partial charge in [0.1, 0.15) is 0 Å². The van der Waals surface area contributed by atoms with Crippen molar-refractivity contribution in [2.24, 2.45) is 28.1 Å². The number of halogens is 1. The van der Waals surface area contributed by atoms with Crippen molar-refractivity contribution in [3.8, 4) is 0 Å². The Morgan fingerprint density at radius 3 is 2.33 bits per heavy atom. The number of carbonyl (C=O) groups excluding carboxylic acids is 1. The van der Waals surface area contributed by atoms with E-state index in [9.17, 15) is 20.1 Å². The minimum Gasteiger partial charge on any atom is -0.392 e. The third-order valence-corrected chi connectivity index (χ3v) is 9.58. The Kier molecular flexibility index (Phi) is 8.61. The van der Waals surface area contributed by atoms with Crippen LogP contribution in [0.2, 0.25) is 5.02 Å². The molecule has 0 aliphatic heterocycles. The molecular weight excluding hydrogens is 474 g/mol. The maximum Gasteiger partial charge on any atom is 0.228 e. The van der Waals surface area contributed by atoms with Crippen molar-refractivity contribution in [3.05, 3.63) is 71.8 Å². The lowest BCUT2D eigenvalue weighted by Gasteiger charge is -2.70. The van der Waals surface area contributed by atoms with Gasteiger partial charge in [0.25, 0.3) is 0 Å². The number of aliphatic hydroxyl groups is 3. The predicted octanol–water partition coefficient (Wildman–Crippen LogP) is 5.20. The minimum atomic E-state index is -1.28. The Bertz CT molecular complexity index is 1020. The molecule has 0 heterocycles. The second-order valence-electron chi connectivity index (χ2n) is 11.5. The Morgan fingerprint density at radius 2 is 1.75 bits per heavy atom. The van der Waals surface area contributed by atoms with E-state index in [2.05, 4.69) is 38.4 Å². The molecule has 0 radical (unpaired) electrons. The summed E-state index contributed by atoms with van der Waals surface area (Å²) < 4.78 is 0. The van der Waals surface area contributed by atoms with Gasteiger partial charge >= 0.3 is 0 Å². The first kappa shape index (κ1) is 28.6. The molecule has 1 amide bonds. The zero-order valence-corrected chi connectivity index (χ0v) is 22.8. The smallest absolute Gasteiger partial charge is 0.228 e. The third-order valence-electron chi connectivity index (χ3n) is 9.21. The molecule has 198 valence electrons. The van der Waals surface area contributed by atoms with Crippen molar-refractivity contribution in [3.63, 3.8) is 0 Å². The first-order valence-electron chi connectivity index (χ1n) is 12.8. The number of nitrogens with one attached hydrogen (secondary N) is 1. The molecule has 4 N–H and O–H groups in total. The summed E-state index contributed by atoms with van der Waals surface area (Å²) in [5.74, 6) is -1.52. The van der Waals surface area contributed by atoms with Crippen LogP contribution in [-0.4, -0.2) is 39.5 Å². The highest BCUT2D eigenvalue weighted by Crippen LogP contribution is 2.69. The van der Waals surface area contributed by atoms with Crippen LogP contribution < -0.4 is 5.32 Å². The van der Waals surface area contributed by atoms with Crippen LogP contribution in [0.1, 0.15) is 58.9 Å². The van der Waals surface area contributed by atoms with E-state index in [0.29, 0.717) is 24.3 Å². The average Bonchev–Trinajstić information content (AvgIpc) is 2.81. The van der Waals surface area contributed by atoms with Crippen molar-refractivity contribution in [1.29, 1.82) is 0 Å². The van der Waals surface area contributed by atoms with Crippen molar-refractivity contribution in [1.82, 2.24) is 5.32 Å². The van der Waals surface area contributed by atoms with Gasteiger partial charge in [-0.05, 0) is 62.5 Å². The topological polar surface area (TPSA) is 89.8 Å². The molecule has 2 bridgehead atoms. The second-order valence-corrected chi connectivity index (χ2v) is 11.9. The quantitative estimate of drug-likeness (QED) is 0.340. The number of carbonyl (C=O) groups is 1. The molecule has 2 fully saturated rings. The van der Waals surface area contributed by atoms with Gasteiger partial charge in [-0.25, -0.2) is 0 Å². The predicted molar refractivity (Wildman–Crippen MR) is 145 cm³/mol. The van der Waals surface area contributed by atoms with Crippen molar-refractivity contribution < 1.29 is 20.1 Å². The molecule has 3 rings (SSSR count). The SMILES string of the molecule is C=CC[C@@]12C[C@@H](CC=C(C)C)C(C)(C)[C@@](CC=C)(C(O)C(C(=O)NCc3ccccc3Cl)C1O)C2O. The summed E-state index contributed by atoms with van der Waals surface area (Å²) in [5, 5.41) is 39.1. The zero-order valence-electron chi connectivity index (χ0n) is 22.0. The largest absolute Gasteiger partial charge is 0.392 e. The van der Waals surface area contributed by atoms with E-state index < -0.39 is 46.4 Å². The first-order valence-corrected chi connectivity index (χ1v) is 13.2. The number of hydrogen-bond donors (Lipinski definition) is 4. The highest BCUT2D eigenvalue weighted by molar-refractivity contribution is 6.31. The van der Waals surface area contributed by atoms with E-state index in [0.717, 1.165) is 12.0 Å². The summed E-state index contributed by atoms with van der Waals surface area (Å²) in [6, 6.07) is 7.23. The van der Waals surface area contributed by atoms with Crippen molar-refractivity contribution in [2.75, 3.05) is 0 Å². The van der Waals surface area contributed by atoms with E-state index in [1.54, 1.807) is 18.2 Å². The molecule has 36 heavy (non-hydrogen) atoms. The number of rotatable bonds is 9. The molecular formula is C30H42ClNO4. The first-order chi connectivity index (χ1) is 16.9. The van der Waals surface area contributed by atoms with E-state index in [4.69, 9.17) is 11.6 Å². The van der Waals surface area contributed by atoms with Gasteiger partial charge in [-0.15, -0.1) is 13.2 Å². The fourth-order valence-electron chi connectivity index (χ4n) is 7.05. The lowest BCUT2D eigenvalue weighted by Crippen LogP contribution is -2.77. The van der Waals surface area contributed by atoms with E-state index in [1.165, 1.54) is 5.57 Å². The van der Waals surface area contributed by atoms with Gasteiger partial charge in [0.05, 0.1) is 24.2 Å². The maximum absolute atomic E-state index is 13.6. The van der Waals surface area contributed by atoms with Crippen molar-refractivity contribution in [2.45, 2.75) is 78.2 Å². The fraction of sp³-hybridized carbons (Fsp3) is 0.567. The summed E-state index contributed by atoms with van der Waals surface area (Å²) in [6.07, 6.45) is 3.92. The Hall–Kier alpha value is -1.92. The van der Waals surface area contributed by atoms with Gasteiger partial charge in [-0.3, -0.25) is 4.79 Å². The van der Waals surface area contributed by atoms with Crippen LogP contribution in [0.4, 0.5) is 0 Å². The molecule has 0 saturated heterocycles. The third kappa shape index (κ3) is 4.49.